The summed E-state index contributed by atoms with van der Waals surface area (Å²) in [6, 6.07) is 6.64. The summed E-state index contributed by atoms with van der Waals surface area (Å²) in [4.78, 5) is 42.6. The zero-order chi connectivity index (χ0) is 26.2. The number of aromatic nitrogens is 3. The third-order valence-corrected chi connectivity index (χ3v) is 8.24. The Balaban J connectivity index is 1.42. The lowest BCUT2D eigenvalue weighted by molar-refractivity contribution is -0.146. The molecular formula is C26H36N6O5. The molecule has 37 heavy (non-hydrogen) atoms. The van der Waals surface area contributed by atoms with E-state index < -0.39 is 29.1 Å². The van der Waals surface area contributed by atoms with Gasteiger partial charge in [0.2, 0.25) is 17.7 Å². The molecule has 2 bridgehead atoms. The van der Waals surface area contributed by atoms with Crippen molar-refractivity contribution < 1.29 is 24.2 Å². The van der Waals surface area contributed by atoms with Crippen LogP contribution in [0.5, 0.6) is 0 Å². The van der Waals surface area contributed by atoms with E-state index in [1.165, 1.54) is 0 Å². The van der Waals surface area contributed by atoms with E-state index in [0.29, 0.717) is 38.8 Å². The quantitative estimate of drug-likeness (QED) is 0.381. The van der Waals surface area contributed by atoms with Crippen molar-refractivity contribution in [3.8, 4) is 0 Å². The van der Waals surface area contributed by atoms with Gasteiger partial charge >= 0.3 is 0 Å². The number of unbranched alkanes of at least 4 members (excludes halogenated alkanes) is 2. The number of rotatable bonds is 11. The SMILES string of the molecule is CCCNC(=O)[C@H]1[C@H]2C(=O)N(CCCCCO)C(C(=O)NCn3nnc4ccccc43)C23CC[C@]1(C)O3. The first-order chi connectivity index (χ1) is 17.9. The number of amides is 3. The van der Waals surface area contributed by atoms with E-state index in [-0.39, 0.29) is 31.0 Å². The van der Waals surface area contributed by atoms with E-state index in [9.17, 15) is 19.5 Å². The lowest BCUT2D eigenvalue weighted by Gasteiger charge is -2.33. The Bertz CT molecular complexity index is 1190. The molecule has 11 heteroatoms. The maximum atomic E-state index is 13.9. The van der Waals surface area contributed by atoms with Gasteiger partial charge in [-0.2, -0.15) is 0 Å². The maximum absolute atomic E-state index is 13.9. The summed E-state index contributed by atoms with van der Waals surface area (Å²) < 4.78 is 8.21. The molecule has 0 saturated carbocycles. The summed E-state index contributed by atoms with van der Waals surface area (Å²) >= 11 is 0. The Morgan fingerprint density at radius 2 is 1.97 bits per heavy atom. The highest BCUT2D eigenvalue weighted by Crippen LogP contribution is 2.63. The van der Waals surface area contributed by atoms with Gasteiger partial charge in [-0.25, -0.2) is 4.68 Å². The molecule has 0 aliphatic carbocycles. The molecular weight excluding hydrogens is 476 g/mol. The number of fused-ring (bicyclic) bond motifs is 2. The van der Waals surface area contributed by atoms with Gasteiger partial charge in [0.25, 0.3) is 0 Å². The summed E-state index contributed by atoms with van der Waals surface area (Å²) in [6.07, 6.45) is 3.95. The van der Waals surface area contributed by atoms with Crippen molar-refractivity contribution in [2.45, 2.75) is 76.3 Å². The van der Waals surface area contributed by atoms with Crippen molar-refractivity contribution in [3.63, 3.8) is 0 Å². The molecule has 1 aromatic carbocycles. The highest BCUT2D eigenvalue weighted by atomic mass is 16.5. The molecule has 5 rings (SSSR count). The third-order valence-electron chi connectivity index (χ3n) is 8.24. The number of hydrogen-bond acceptors (Lipinski definition) is 7. The fraction of sp³-hybridized carbons (Fsp3) is 0.654. The molecule has 3 aliphatic heterocycles. The van der Waals surface area contributed by atoms with Crippen LogP contribution in [-0.4, -0.2) is 79.7 Å². The van der Waals surface area contributed by atoms with Crippen LogP contribution >= 0.6 is 0 Å². The highest BCUT2D eigenvalue weighted by molar-refractivity contribution is 5.99. The van der Waals surface area contributed by atoms with Gasteiger partial charge in [0.15, 0.2) is 0 Å². The number of para-hydroxylation sites is 1. The number of carbonyl (C=O) groups is 3. The number of benzene rings is 1. The number of nitrogens with one attached hydrogen (secondary N) is 2. The van der Waals surface area contributed by atoms with Gasteiger partial charge in [-0.15, -0.1) is 5.10 Å². The Hall–Kier alpha value is -3.05. The van der Waals surface area contributed by atoms with Gasteiger partial charge in [-0.1, -0.05) is 24.3 Å². The average molecular weight is 513 g/mol. The largest absolute Gasteiger partial charge is 0.396 e. The molecule has 0 radical (unpaired) electrons. The first-order valence-corrected chi connectivity index (χ1v) is 13.3. The number of nitrogens with zero attached hydrogens (tertiary/aromatic N) is 4. The number of aliphatic hydroxyl groups excluding tert-OH is 1. The third kappa shape index (κ3) is 4.17. The average Bonchev–Trinajstić information content (AvgIpc) is 3.59. The van der Waals surface area contributed by atoms with E-state index in [4.69, 9.17) is 4.74 Å². The molecule has 11 nitrogen and oxygen atoms in total. The van der Waals surface area contributed by atoms with Crippen LogP contribution < -0.4 is 10.6 Å². The summed E-state index contributed by atoms with van der Waals surface area (Å²) in [5.74, 6) is -2.05. The Kier molecular flexibility index (Phi) is 6.93. The number of carbonyl (C=O) groups excluding carboxylic acids is 3. The molecule has 3 amide bonds. The second-order valence-electron chi connectivity index (χ2n) is 10.6. The van der Waals surface area contributed by atoms with E-state index in [1.807, 2.05) is 38.1 Å². The van der Waals surface area contributed by atoms with Gasteiger partial charge in [-0.3, -0.25) is 14.4 Å². The molecule has 1 spiro atoms. The molecule has 1 aromatic heterocycles. The van der Waals surface area contributed by atoms with Crippen molar-refractivity contribution in [2.75, 3.05) is 19.7 Å². The van der Waals surface area contributed by atoms with Crippen LogP contribution in [0.15, 0.2) is 24.3 Å². The number of hydrogen-bond donors (Lipinski definition) is 3. The van der Waals surface area contributed by atoms with Gasteiger partial charge in [-0.05, 0) is 57.6 Å². The molecule has 3 fully saturated rings. The molecule has 2 aromatic rings. The molecule has 200 valence electrons. The minimum Gasteiger partial charge on any atom is -0.396 e. The summed E-state index contributed by atoms with van der Waals surface area (Å²) in [5, 5.41) is 23.4. The van der Waals surface area contributed by atoms with Gasteiger partial charge in [0.05, 0.1) is 23.0 Å². The van der Waals surface area contributed by atoms with Crippen molar-refractivity contribution >= 4 is 28.8 Å². The zero-order valence-electron chi connectivity index (χ0n) is 21.5. The molecule has 2 unspecified atom stereocenters. The van der Waals surface area contributed by atoms with Crippen molar-refractivity contribution in [3.05, 3.63) is 24.3 Å². The Labute approximate surface area is 215 Å². The van der Waals surface area contributed by atoms with E-state index >= 15 is 0 Å². The molecule has 5 atom stereocenters. The lowest BCUT2D eigenvalue weighted by atomic mass is 9.66. The molecule has 3 aliphatic rings. The monoisotopic (exact) mass is 512 g/mol. The molecule has 4 heterocycles. The first-order valence-electron chi connectivity index (χ1n) is 13.3. The lowest BCUT2D eigenvalue weighted by Crippen LogP contribution is -2.55. The Morgan fingerprint density at radius 3 is 2.76 bits per heavy atom. The fourth-order valence-electron chi connectivity index (χ4n) is 6.58. The predicted molar refractivity (Wildman–Crippen MR) is 134 cm³/mol. The van der Waals surface area contributed by atoms with Gasteiger partial charge in [0, 0.05) is 19.7 Å². The van der Waals surface area contributed by atoms with E-state index in [1.54, 1.807) is 9.58 Å². The minimum absolute atomic E-state index is 0.0808. The standard InChI is InChI=1S/C26H36N6O5/c1-3-13-27-22(34)19-20-24(36)31(14-7-4-8-15-33)21(26(20)12-11-25(19,2)37-26)23(35)28-16-32-18-10-6-5-9-17(18)29-30-32/h5-6,9-10,19-21,33H,3-4,7-8,11-16H2,1-2H3,(H,27,34)(H,28,35)/t19-,20+,21?,25+,26?/m1/s1. The number of likely N-dealkylation sites (tertiary alicyclic amines) is 1. The minimum atomic E-state index is -1.05. The van der Waals surface area contributed by atoms with Crippen molar-refractivity contribution in [1.82, 2.24) is 30.5 Å². The topological polar surface area (TPSA) is 139 Å². The number of ether oxygens (including phenoxy) is 1. The number of aliphatic hydroxyl groups is 1. The summed E-state index contributed by atoms with van der Waals surface area (Å²) in [5.41, 5.74) is -0.322. The Morgan fingerprint density at radius 1 is 1.16 bits per heavy atom. The second kappa shape index (κ2) is 10.0. The summed E-state index contributed by atoms with van der Waals surface area (Å²) in [6.45, 7) is 4.95. The van der Waals surface area contributed by atoms with Crippen LogP contribution in [0.4, 0.5) is 0 Å². The zero-order valence-corrected chi connectivity index (χ0v) is 21.5. The van der Waals surface area contributed by atoms with Gasteiger partial charge in [0.1, 0.15) is 23.8 Å². The predicted octanol–water partition coefficient (Wildman–Crippen LogP) is 0.959. The smallest absolute Gasteiger partial charge is 0.247 e. The van der Waals surface area contributed by atoms with Crippen LogP contribution in [0.25, 0.3) is 11.0 Å². The fourth-order valence-corrected chi connectivity index (χ4v) is 6.58. The van der Waals surface area contributed by atoms with Crippen LogP contribution in [0.2, 0.25) is 0 Å². The van der Waals surface area contributed by atoms with Crippen LogP contribution in [0.3, 0.4) is 0 Å². The first kappa shape index (κ1) is 25.6. The van der Waals surface area contributed by atoms with Crippen LogP contribution in [0, 0.1) is 11.8 Å². The highest BCUT2D eigenvalue weighted by Gasteiger charge is 2.77. The maximum Gasteiger partial charge on any atom is 0.247 e. The van der Waals surface area contributed by atoms with Crippen molar-refractivity contribution in [2.24, 2.45) is 11.8 Å². The van der Waals surface area contributed by atoms with Crippen LogP contribution in [-0.2, 0) is 25.8 Å². The van der Waals surface area contributed by atoms with Gasteiger partial charge < -0.3 is 25.4 Å². The summed E-state index contributed by atoms with van der Waals surface area (Å²) in [7, 11) is 0. The van der Waals surface area contributed by atoms with E-state index in [0.717, 1.165) is 23.9 Å². The van der Waals surface area contributed by atoms with Crippen molar-refractivity contribution in [1.29, 1.82) is 0 Å². The van der Waals surface area contributed by atoms with Crippen LogP contribution in [0.1, 0.15) is 52.4 Å². The molecule has 3 saturated heterocycles. The normalized spacial score (nSPS) is 30.2. The van der Waals surface area contributed by atoms with E-state index in [2.05, 4.69) is 20.9 Å². The second-order valence-corrected chi connectivity index (χ2v) is 10.6. The molecule has 3 N–H and O–H groups in total.